The van der Waals surface area contributed by atoms with Crippen LogP contribution in [0.2, 0.25) is 0 Å². The molecule has 4 aromatic rings. The molecular formula is C27H23Br3N4O5. The van der Waals surface area contributed by atoms with Crippen molar-refractivity contribution in [2.24, 2.45) is 5.10 Å². The topological polar surface area (TPSA) is 109 Å². The first-order valence-corrected chi connectivity index (χ1v) is 14.0. The fraction of sp³-hybridized carbons (Fsp3) is 0.222. The molecular weight excluding hydrogens is 700 g/mol. The summed E-state index contributed by atoms with van der Waals surface area (Å²) < 4.78 is 14.9. The molecule has 0 spiro atoms. The number of non-ortho nitro benzene ring substituents is 1. The normalized spacial score (nSPS) is 11.8. The van der Waals surface area contributed by atoms with E-state index in [1.165, 1.54) is 23.9 Å². The monoisotopic (exact) mass is 720 g/mol. The van der Waals surface area contributed by atoms with Crippen molar-refractivity contribution in [2.45, 2.75) is 32.8 Å². The molecule has 0 aliphatic rings. The molecule has 0 aliphatic heterocycles. The van der Waals surface area contributed by atoms with Crippen LogP contribution in [0.3, 0.4) is 0 Å². The van der Waals surface area contributed by atoms with Crippen LogP contribution in [0.25, 0.3) is 10.9 Å². The zero-order chi connectivity index (χ0) is 28.5. The van der Waals surface area contributed by atoms with Gasteiger partial charge in [0.1, 0.15) is 12.4 Å². The molecule has 1 heterocycles. The number of nitrogens with zero attached hydrogens (tertiary/aromatic N) is 4. The average Bonchev–Trinajstić information content (AvgIpc) is 2.89. The van der Waals surface area contributed by atoms with Gasteiger partial charge in [0.2, 0.25) is 0 Å². The Labute approximate surface area is 249 Å². The number of fused-ring (bicyclic) bond motifs is 1. The number of hydrogen-bond acceptors (Lipinski definition) is 7. The molecule has 4 rings (SSSR count). The van der Waals surface area contributed by atoms with Gasteiger partial charge < -0.3 is 9.47 Å². The van der Waals surface area contributed by atoms with Crippen LogP contribution >= 0.6 is 47.8 Å². The molecule has 12 heteroatoms. The number of aromatic nitrogens is 2. The van der Waals surface area contributed by atoms with E-state index < -0.39 is 10.3 Å². The van der Waals surface area contributed by atoms with Crippen molar-refractivity contribution in [1.29, 1.82) is 0 Å². The molecule has 0 aliphatic carbocycles. The number of benzene rings is 3. The summed E-state index contributed by atoms with van der Waals surface area (Å²) in [6.07, 6.45) is 1.56. The smallest absolute Gasteiger partial charge is 0.282 e. The quantitative estimate of drug-likeness (QED) is 0.112. The maximum Gasteiger partial charge on any atom is 0.282 e. The fourth-order valence-corrected chi connectivity index (χ4v) is 5.01. The molecule has 0 saturated carbocycles. The SMILES string of the molecule is COc1cc(C=Nn2c(C(C)(C)C)nc3ccc(Br)cc3c2=O)c(Br)c(Br)c1OCc1ccc([N+](=O)[O-])cc1. The number of nitro benzene ring substituents is 1. The van der Waals surface area contributed by atoms with Crippen molar-refractivity contribution in [3.05, 3.63) is 99.4 Å². The number of hydrogen-bond donors (Lipinski definition) is 0. The molecule has 0 atom stereocenters. The second kappa shape index (κ2) is 11.6. The summed E-state index contributed by atoms with van der Waals surface area (Å²) in [4.78, 5) is 28.7. The van der Waals surface area contributed by atoms with E-state index in [0.29, 0.717) is 42.7 Å². The summed E-state index contributed by atoms with van der Waals surface area (Å²) in [6, 6.07) is 13.2. The van der Waals surface area contributed by atoms with Gasteiger partial charge in [0, 0.05) is 32.1 Å². The predicted molar refractivity (Wildman–Crippen MR) is 161 cm³/mol. The molecule has 0 bridgehead atoms. The van der Waals surface area contributed by atoms with Gasteiger partial charge in [0.05, 0.1) is 33.6 Å². The molecule has 202 valence electrons. The zero-order valence-electron chi connectivity index (χ0n) is 21.4. The zero-order valence-corrected chi connectivity index (χ0v) is 26.1. The summed E-state index contributed by atoms with van der Waals surface area (Å²) in [6.45, 7) is 6.07. The third kappa shape index (κ3) is 6.23. The molecule has 39 heavy (non-hydrogen) atoms. The first-order valence-electron chi connectivity index (χ1n) is 11.6. The fourth-order valence-electron chi connectivity index (χ4n) is 3.72. The second-order valence-corrected chi connectivity index (χ2v) is 12.0. The molecule has 0 N–H and O–H groups in total. The average molecular weight is 723 g/mol. The van der Waals surface area contributed by atoms with Crippen LogP contribution in [0.4, 0.5) is 5.69 Å². The molecule has 0 unspecified atom stereocenters. The highest BCUT2D eigenvalue weighted by atomic mass is 79.9. The van der Waals surface area contributed by atoms with Crippen molar-refractivity contribution in [3.8, 4) is 11.5 Å². The van der Waals surface area contributed by atoms with Crippen LogP contribution in [0.1, 0.15) is 37.7 Å². The van der Waals surface area contributed by atoms with E-state index in [0.717, 1.165) is 10.0 Å². The maximum absolute atomic E-state index is 13.5. The summed E-state index contributed by atoms with van der Waals surface area (Å²) in [5.74, 6) is 1.38. The van der Waals surface area contributed by atoms with Crippen molar-refractivity contribution < 1.29 is 14.4 Å². The van der Waals surface area contributed by atoms with Gasteiger partial charge in [-0.15, -0.1) is 0 Å². The summed E-state index contributed by atoms with van der Waals surface area (Å²) in [5, 5.41) is 15.9. The van der Waals surface area contributed by atoms with E-state index in [9.17, 15) is 14.9 Å². The van der Waals surface area contributed by atoms with Crippen molar-refractivity contribution >= 4 is 70.6 Å². The van der Waals surface area contributed by atoms with Gasteiger partial charge in [-0.05, 0) is 73.8 Å². The lowest BCUT2D eigenvalue weighted by molar-refractivity contribution is -0.384. The molecule has 0 saturated heterocycles. The first-order chi connectivity index (χ1) is 18.4. The van der Waals surface area contributed by atoms with Crippen LogP contribution in [0, 0.1) is 10.1 Å². The van der Waals surface area contributed by atoms with E-state index in [1.54, 1.807) is 36.5 Å². The minimum atomic E-state index is -0.456. The predicted octanol–water partition coefficient (Wildman–Crippen LogP) is 7.36. The Kier molecular flexibility index (Phi) is 8.57. The third-order valence-electron chi connectivity index (χ3n) is 5.70. The third-order valence-corrected chi connectivity index (χ3v) is 8.33. The Hall–Kier alpha value is -3.09. The van der Waals surface area contributed by atoms with Crippen LogP contribution in [-0.2, 0) is 12.0 Å². The first kappa shape index (κ1) is 28.9. The lowest BCUT2D eigenvalue weighted by Crippen LogP contribution is -2.29. The number of halogens is 3. The Morgan fingerprint density at radius 3 is 2.38 bits per heavy atom. The van der Waals surface area contributed by atoms with Gasteiger partial charge in [0.15, 0.2) is 11.5 Å². The molecule has 3 aromatic carbocycles. The van der Waals surface area contributed by atoms with Crippen LogP contribution < -0.4 is 15.0 Å². The molecule has 0 amide bonds. The lowest BCUT2D eigenvalue weighted by atomic mass is 9.95. The summed E-state index contributed by atoms with van der Waals surface area (Å²) in [5.41, 5.74) is 1.24. The highest BCUT2D eigenvalue weighted by molar-refractivity contribution is 9.13. The van der Waals surface area contributed by atoms with Gasteiger partial charge in [-0.25, -0.2) is 4.98 Å². The van der Waals surface area contributed by atoms with E-state index in [-0.39, 0.29) is 17.9 Å². The van der Waals surface area contributed by atoms with E-state index >= 15 is 0 Å². The van der Waals surface area contributed by atoms with Gasteiger partial charge in [0.25, 0.3) is 11.2 Å². The van der Waals surface area contributed by atoms with Crippen molar-refractivity contribution in [3.63, 3.8) is 0 Å². The van der Waals surface area contributed by atoms with Crippen molar-refractivity contribution in [1.82, 2.24) is 9.66 Å². The number of methoxy groups -OCH3 is 1. The standard InChI is InChI=1S/C27H23Br3N4O5/c1-27(2,3)26-32-20-10-7-17(28)12-19(20)25(35)33(26)31-13-16-11-21(38-4)24(23(30)22(16)29)39-14-15-5-8-18(9-6-15)34(36)37/h5-13H,14H2,1-4H3. The minimum Gasteiger partial charge on any atom is -0.493 e. The maximum atomic E-state index is 13.5. The summed E-state index contributed by atoms with van der Waals surface area (Å²) >= 11 is 10.6. The largest absolute Gasteiger partial charge is 0.493 e. The second-order valence-electron chi connectivity index (χ2n) is 9.55. The lowest BCUT2D eigenvalue weighted by Gasteiger charge is -2.21. The van der Waals surface area contributed by atoms with Crippen LogP contribution in [0.15, 0.2) is 71.8 Å². The number of nitro groups is 1. The van der Waals surface area contributed by atoms with Gasteiger partial charge in [-0.1, -0.05) is 36.7 Å². The summed E-state index contributed by atoms with van der Waals surface area (Å²) in [7, 11) is 1.52. The van der Waals surface area contributed by atoms with E-state index in [1.807, 2.05) is 26.8 Å². The highest BCUT2D eigenvalue weighted by Crippen LogP contribution is 2.42. The Morgan fingerprint density at radius 2 is 1.77 bits per heavy atom. The van der Waals surface area contributed by atoms with Crippen LogP contribution in [-0.4, -0.2) is 27.9 Å². The minimum absolute atomic E-state index is 0.00636. The van der Waals surface area contributed by atoms with Gasteiger partial charge in [-0.2, -0.15) is 9.78 Å². The number of ether oxygens (including phenoxy) is 2. The van der Waals surface area contributed by atoms with E-state index in [4.69, 9.17) is 14.5 Å². The van der Waals surface area contributed by atoms with Gasteiger partial charge >= 0.3 is 0 Å². The Balaban J connectivity index is 1.72. The Morgan fingerprint density at radius 1 is 1.08 bits per heavy atom. The Bertz CT molecular complexity index is 1660. The van der Waals surface area contributed by atoms with E-state index in [2.05, 4.69) is 52.9 Å². The molecule has 9 nitrogen and oxygen atoms in total. The number of rotatable bonds is 7. The molecule has 1 aromatic heterocycles. The molecule has 0 fully saturated rings. The van der Waals surface area contributed by atoms with Crippen LogP contribution in [0.5, 0.6) is 11.5 Å². The van der Waals surface area contributed by atoms with Gasteiger partial charge in [-0.3, -0.25) is 14.9 Å². The molecule has 0 radical (unpaired) electrons. The van der Waals surface area contributed by atoms with Crippen molar-refractivity contribution in [2.75, 3.05) is 7.11 Å². The highest BCUT2D eigenvalue weighted by Gasteiger charge is 2.23.